The van der Waals surface area contributed by atoms with Gasteiger partial charge in [-0.1, -0.05) is 0 Å². The molecule has 0 spiro atoms. The first-order chi connectivity index (χ1) is 5.62. The molecule has 0 rings (SSSR count). The highest BCUT2D eigenvalue weighted by molar-refractivity contribution is 4.68. The lowest BCUT2D eigenvalue weighted by molar-refractivity contribution is -0.0445. The van der Waals surface area contributed by atoms with Crippen molar-refractivity contribution in [1.29, 1.82) is 0 Å². The number of ether oxygens (including phenoxy) is 2. The molecule has 0 aliphatic rings. The van der Waals surface area contributed by atoms with Crippen molar-refractivity contribution >= 4 is 0 Å². The molecule has 0 fully saturated rings. The molecule has 12 heavy (non-hydrogen) atoms. The van der Waals surface area contributed by atoms with E-state index < -0.39 is 0 Å². The summed E-state index contributed by atoms with van der Waals surface area (Å²) < 4.78 is 10.5. The highest BCUT2D eigenvalue weighted by Gasteiger charge is 2.16. The van der Waals surface area contributed by atoms with Crippen molar-refractivity contribution in [1.82, 2.24) is 0 Å². The van der Waals surface area contributed by atoms with E-state index in [4.69, 9.17) is 15.2 Å². The lowest BCUT2D eigenvalue weighted by Gasteiger charge is -2.24. The molecular formula is C9H21NO2. The summed E-state index contributed by atoms with van der Waals surface area (Å²) in [5, 5.41) is 0. The van der Waals surface area contributed by atoms with Crippen LogP contribution in [0.15, 0.2) is 0 Å². The summed E-state index contributed by atoms with van der Waals surface area (Å²) in [6.07, 6.45) is 2.02. The van der Waals surface area contributed by atoms with Crippen LogP contribution in [-0.4, -0.2) is 32.5 Å². The van der Waals surface area contributed by atoms with Crippen LogP contribution in [0.1, 0.15) is 26.7 Å². The van der Waals surface area contributed by atoms with Gasteiger partial charge in [-0.2, -0.15) is 0 Å². The second-order valence-corrected chi connectivity index (χ2v) is 3.49. The minimum Gasteiger partial charge on any atom is -0.382 e. The molecule has 0 saturated carbocycles. The number of rotatable bonds is 7. The van der Waals surface area contributed by atoms with Crippen LogP contribution in [0.3, 0.4) is 0 Å². The lowest BCUT2D eigenvalue weighted by atomic mass is 10.0. The third kappa shape index (κ3) is 6.58. The number of methoxy groups -OCH3 is 1. The minimum atomic E-state index is -0.0576. The molecule has 0 bridgehead atoms. The fourth-order valence-electron chi connectivity index (χ4n) is 1.00. The first-order valence-electron chi connectivity index (χ1n) is 4.45. The summed E-state index contributed by atoms with van der Waals surface area (Å²) in [6.45, 7) is 6.22. The van der Waals surface area contributed by atoms with Crippen LogP contribution in [0, 0.1) is 0 Å². The molecule has 0 saturated heterocycles. The molecule has 0 radical (unpaired) electrons. The van der Waals surface area contributed by atoms with Gasteiger partial charge in [0, 0.05) is 7.11 Å². The molecule has 3 heteroatoms. The Morgan fingerprint density at radius 1 is 1.25 bits per heavy atom. The summed E-state index contributed by atoms with van der Waals surface area (Å²) in [5.41, 5.74) is 5.35. The van der Waals surface area contributed by atoms with Gasteiger partial charge in [-0.15, -0.1) is 0 Å². The van der Waals surface area contributed by atoms with E-state index in [1.165, 1.54) is 0 Å². The summed E-state index contributed by atoms with van der Waals surface area (Å²) in [5.74, 6) is 0. The predicted molar refractivity (Wildman–Crippen MR) is 50.2 cm³/mol. The van der Waals surface area contributed by atoms with Crippen molar-refractivity contribution in [3.8, 4) is 0 Å². The predicted octanol–water partition coefficient (Wildman–Crippen LogP) is 1.17. The molecule has 0 aromatic carbocycles. The number of hydrogen-bond acceptors (Lipinski definition) is 3. The maximum absolute atomic E-state index is 5.59. The first-order valence-corrected chi connectivity index (χ1v) is 4.45. The van der Waals surface area contributed by atoms with E-state index in [0.29, 0.717) is 13.2 Å². The van der Waals surface area contributed by atoms with Crippen molar-refractivity contribution < 1.29 is 9.47 Å². The Morgan fingerprint density at radius 3 is 2.42 bits per heavy atom. The van der Waals surface area contributed by atoms with Crippen molar-refractivity contribution in [2.75, 3.05) is 26.9 Å². The van der Waals surface area contributed by atoms with Gasteiger partial charge in [0.1, 0.15) is 0 Å². The topological polar surface area (TPSA) is 44.5 Å². The standard InChI is InChI=1S/C9H21NO2/c1-9(2,5-4-6-10)12-8-7-11-3/h4-8,10H2,1-3H3. The average Bonchev–Trinajstić information content (AvgIpc) is 2.01. The average molecular weight is 175 g/mol. The largest absolute Gasteiger partial charge is 0.382 e. The normalized spacial score (nSPS) is 12.0. The first kappa shape index (κ1) is 11.9. The van der Waals surface area contributed by atoms with Crippen LogP contribution < -0.4 is 5.73 Å². The zero-order valence-electron chi connectivity index (χ0n) is 8.43. The lowest BCUT2D eigenvalue weighted by Crippen LogP contribution is -2.27. The Bertz CT molecular complexity index is 105. The summed E-state index contributed by atoms with van der Waals surface area (Å²) in [4.78, 5) is 0. The van der Waals surface area contributed by atoms with Crippen molar-refractivity contribution in [2.45, 2.75) is 32.3 Å². The minimum absolute atomic E-state index is 0.0576. The number of nitrogens with two attached hydrogens (primary N) is 1. The molecule has 0 aromatic heterocycles. The second-order valence-electron chi connectivity index (χ2n) is 3.49. The molecule has 74 valence electrons. The molecule has 0 heterocycles. The molecule has 3 nitrogen and oxygen atoms in total. The fourth-order valence-corrected chi connectivity index (χ4v) is 1.00. The van der Waals surface area contributed by atoms with Gasteiger partial charge in [0.05, 0.1) is 18.8 Å². The second kappa shape index (κ2) is 6.40. The van der Waals surface area contributed by atoms with Crippen LogP contribution in [-0.2, 0) is 9.47 Å². The van der Waals surface area contributed by atoms with Crippen molar-refractivity contribution in [3.05, 3.63) is 0 Å². The van der Waals surface area contributed by atoms with E-state index >= 15 is 0 Å². The molecule has 2 N–H and O–H groups in total. The van der Waals surface area contributed by atoms with E-state index in [2.05, 4.69) is 13.8 Å². The molecule has 0 amide bonds. The van der Waals surface area contributed by atoms with Gasteiger partial charge in [-0.3, -0.25) is 0 Å². The Labute approximate surface area is 75.2 Å². The maximum Gasteiger partial charge on any atom is 0.0707 e. The quantitative estimate of drug-likeness (QED) is 0.591. The Kier molecular flexibility index (Phi) is 6.34. The van der Waals surface area contributed by atoms with Crippen LogP contribution >= 0.6 is 0 Å². The van der Waals surface area contributed by atoms with Gasteiger partial charge in [0.25, 0.3) is 0 Å². The highest BCUT2D eigenvalue weighted by Crippen LogP contribution is 2.15. The summed E-state index contributed by atoms with van der Waals surface area (Å²) in [6, 6.07) is 0. The van der Waals surface area contributed by atoms with E-state index in [1.54, 1.807) is 7.11 Å². The Morgan fingerprint density at radius 2 is 1.92 bits per heavy atom. The van der Waals surface area contributed by atoms with E-state index in [-0.39, 0.29) is 5.60 Å². The zero-order valence-corrected chi connectivity index (χ0v) is 8.43. The SMILES string of the molecule is COCCOC(C)(C)CCCN. The van der Waals surface area contributed by atoms with Crippen molar-refractivity contribution in [2.24, 2.45) is 5.73 Å². The summed E-state index contributed by atoms with van der Waals surface area (Å²) >= 11 is 0. The molecule has 0 aliphatic heterocycles. The van der Waals surface area contributed by atoms with Crippen LogP contribution in [0.25, 0.3) is 0 Å². The van der Waals surface area contributed by atoms with Gasteiger partial charge in [-0.05, 0) is 33.2 Å². The Balaban J connectivity index is 3.42. The van der Waals surface area contributed by atoms with E-state index in [1.807, 2.05) is 0 Å². The smallest absolute Gasteiger partial charge is 0.0707 e. The molecule has 0 aliphatic carbocycles. The van der Waals surface area contributed by atoms with Gasteiger partial charge in [0.15, 0.2) is 0 Å². The third-order valence-corrected chi connectivity index (χ3v) is 1.76. The van der Waals surface area contributed by atoms with Gasteiger partial charge in [-0.25, -0.2) is 0 Å². The molecular weight excluding hydrogens is 154 g/mol. The fraction of sp³-hybridized carbons (Fsp3) is 1.00. The summed E-state index contributed by atoms with van der Waals surface area (Å²) in [7, 11) is 1.68. The highest BCUT2D eigenvalue weighted by atomic mass is 16.5. The Hall–Kier alpha value is -0.120. The van der Waals surface area contributed by atoms with E-state index in [9.17, 15) is 0 Å². The molecule has 0 aromatic rings. The van der Waals surface area contributed by atoms with Crippen LogP contribution in [0.4, 0.5) is 0 Å². The van der Waals surface area contributed by atoms with Crippen molar-refractivity contribution in [3.63, 3.8) is 0 Å². The number of hydrogen-bond donors (Lipinski definition) is 1. The van der Waals surface area contributed by atoms with Gasteiger partial charge < -0.3 is 15.2 Å². The van der Waals surface area contributed by atoms with Crippen LogP contribution in [0.5, 0.6) is 0 Å². The van der Waals surface area contributed by atoms with Gasteiger partial charge in [0.2, 0.25) is 0 Å². The molecule has 0 atom stereocenters. The maximum atomic E-state index is 5.59. The third-order valence-electron chi connectivity index (χ3n) is 1.76. The zero-order chi connectivity index (χ0) is 9.45. The van der Waals surface area contributed by atoms with Crippen LogP contribution in [0.2, 0.25) is 0 Å². The monoisotopic (exact) mass is 175 g/mol. The van der Waals surface area contributed by atoms with E-state index in [0.717, 1.165) is 19.4 Å². The molecule has 0 unspecified atom stereocenters. The van der Waals surface area contributed by atoms with Gasteiger partial charge >= 0.3 is 0 Å².